The van der Waals surface area contributed by atoms with Crippen molar-refractivity contribution in [2.45, 2.75) is 31.7 Å². The molecule has 130 valence electrons. The third-order valence-electron chi connectivity index (χ3n) is 4.44. The molecule has 1 atom stereocenters. The minimum atomic E-state index is -0.558. The van der Waals surface area contributed by atoms with Crippen LogP contribution in [0.15, 0.2) is 54.7 Å². The molecule has 5 nitrogen and oxygen atoms in total. The maximum Gasteiger partial charge on any atom is 0.247 e. The van der Waals surface area contributed by atoms with E-state index in [9.17, 15) is 9.59 Å². The molecule has 1 aromatic carbocycles. The Bertz CT molecular complexity index is 703. The van der Waals surface area contributed by atoms with Crippen molar-refractivity contribution in [1.29, 1.82) is 0 Å². The summed E-state index contributed by atoms with van der Waals surface area (Å²) >= 11 is 0. The Labute approximate surface area is 148 Å². The lowest BCUT2D eigenvalue weighted by molar-refractivity contribution is -0.142. The minimum Gasteiger partial charge on any atom is -0.354 e. The number of amides is 2. The first kappa shape index (κ1) is 17.1. The lowest BCUT2D eigenvalue weighted by Crippen LogP contribution is -2.46. The number of carbonyl (C=O) groups excluding carboxylic acids is 2. The van der Waals surface area contributed by atoms with Crippen LogP contribution in [0.3, 0.4) is 0 Å². The van der Waals surface area contributed by atoms with Gasteiger partial charge in [-0.15, -0.1) is 0 Å². The molecule has 0 saturated carbocycles. The number of aromatic nitrogens is 1. The SMILES string of the molecule is O=C(NCCc1ccccn1)C(c1ccccc1)N1CCCCC1=O. The van der Waals surface area contributed by atoms with Crippen LogP contribution in [-0.4, -0.2) is 34.8 Å². The number of rotatable bonds is 6. The zero-order chi connectivity index (χ0) is 17.5. The highest BCUT2D eigenvalue weighted by molar-refractivity contribution is 5.89. The van der Waals surface area contributed by atoms with E-state index < -0.39 is 6.04 Å². The Kier molecular flexibility index (Phi) is 5.77. The molecule has 1 aromatic heterocycles. The van der Waals surface area contributed by atoms with E-state index in [1.807, 2.05) is 48.5 Å². The van der Waals surface area contributed by atoms with Gasteiger partial charge in [0.25, 0.3) is 0 Å². The molecule has 0 aliphatic carbocycles. The normalized spacial score (nSPS) is 15.7. The fraction of sp³-hybridized carbons (Fsp3) is 0.350. The molecule has 3 rings (SSSR count). The summed E-state index contributed by atoms with van der Waals surface area (Å²) in [5, 5.41) is 2.97. The van der Waals surface area contributed by atoms with Gasteiger partial charge in [0.15, 0.2) is 0 Å². The maximum atomic E-state index is 12.9. The number of nitrogens with zero attached hydrogens (tertiary/aromatic N) is 2. The fourth-order valence-corrected chi connectivity index (χ4v) is 3.16. The molecule has 1 aliphatic rings. The van der Waals surface area contributed by atoms with Crippen LogP contribution in [0.1, 0.15) is 36.6 Å². The Morgan fingerprint density at radius 1 is 1.12 bits per heavy atom. The van der Waals surface area contributed by atoms with E-state index in [1.165, 1.54) is 0 Å². The minimum absolute atomic E-state index is 0.0555. The summed E-state index contributed by atoms with van der Waals surface area (Å²) < 4.78 is 0. The van der Waals surface area contributed by atoms with Crippen molar-refractivity contribution < 1.29 is 9.59 Å². The number of benzene rings is 1. The van der Waals surface area contributed by atoms with Crippen LogP contribution < -0.4 is 5.32 Å². The van der Waals surface area contributed by atoms with Gasteiger partial charge in [0, 0.05) is 37.8 Å². The Hall–Kier alpha value is -2.69. The third kappa shape index (κ3) is 4.44. The van der Waals surface area contributed by atoms with Gasteiger partial charge < -0.3 is 10.2 Å². The highest BCUT2D eigenvalue weighted by atomic mass is 16.2. The second-order valence-corrected chi connectivity index (χ2v) is 6.22. The first-order valence-corrected chi connectivity index (χ1v) is 8.78. The summed E-state index contributed by atoms with van der Waals surface area (Å²) in [7, 11) is 0. The van der Waals surface area contributed by atoms with Gasteiger partial charge in [0.05, 0.1) is 0 Å². The molecule has 2 amide bonds. The summed E-state index contributed by atoms with van der Waals surface area (Å²) in [5.41, 5.74) is 1.79. The topological polar surface area (TPSA) is 62.3 Å². The molecule has 1 saturated heterocycles. The average Bonchev–Trinajstić information content (AvgIpc) is 2.65. The van der Waals surface area contributed by atoms with E-state index in [4.69, 9.17) is 0 Å². The van der Waals surface area contributed by atoms with E-state index in [0.717, 1.165) is 24.1 Å². The van der Waals surface area contributed by atoms with Gasteiger partial charge in [0.1, 0.15) is 6.04 Å². The molecule has 0 bridgehead atoms. The van der Waals surface area contributed by atoms with Crippen molar-refractivity contribution in [3.63, 3.8) is 0 Å². The molecule has 0 spiro atoms. The first-order valence-electron chi connectivity index (χ1n) is 8.78. The van der Waals surface area contributed by atoms with Gasteiger partial charge in [-0.1, -0.05) is 36.4 Å². The van der Waals surface area contributed by atoms with Gasteiger partial charge >= 0.3 is 0 Å². The Morgan fingerprint density at radius 3 is 2.64 bits per heavy atom. The van der Waals surface area contributed by atoms with E-state index in [1.54, 1.807) is 11.1 Å². The largest absolute Gasteiger partial charge is 0.354 e. The monoisotopic (exact) mass is 337 g/mol. The van der Waals surface area contributed by atoms with Gasteiger partial charge in [-0.25, -0.2) is 0 Å². The lowest BCUT2D eigenvalue weighted by atomic mass is 10.0. The fourth-order valence-electron chi connectivity index (χ4n) is 3.16. The van der Waals surface area contributed by atoms with E-state index >= 15 is 0 Å². The van der Waals surface area contributed by atoms with Gasteiger partial charge in [-0.3, -0.25) is 14.6 Å². The summed E-state index contributed by atoms with van der Waals surface area (Å²) in [5.74, 6) is -0.0719. The van der Waals surface area contributed by atoms with Crippen molar-refractivity contribution >= 4 is 11.8 Å². The quantitative estimate of drug-likeness (QED) is 0.881. The zero-order valence-electron chi connectivity index (χ0n) is 14.2. The van der Waals surface area contributed by atoms with Crippen molar-refractivity contribution in [2.75, 3.05) is 13.1 Å². The van der Waals surface area contributed by atoms with Gasteiger partial charge in [0.2, 0.25) is 11.8 Å². The molecule has 1 N–H and O–H groups in total. The molecule has 2 aromatic rings. The second-order valence-electron chi connectivity index (χ2n) is 6.22. The predicted molar refractivity (Wildman–Crippen MR) is 95.7 cm³/mol. The zero-order valence-corrected chi connectivity index (χ0v) is 14.2. The number of piperidine rings is 1. The van der Waals surface area contributed by atoms with Crippen LogP contribution in [0.2, 0.25) is 0 Å². The van der Waals surface area contributed by atoms with E-state index in [-0.39, 0.29) is 11.8 Å². The molecule has 5 heteroatoms. The predicted octanol–water partition coefficient (Wildman–Crippen LogP) is 2.49. The van der Waals surface area contributed by atoms with E-state index in [2.05, 4.69) is 10.3 Å². The summed E-state index contributed by atoms with van der Waals surface area (Å²) in [4.78, 5) is 31.2. The molecule has 1 fully saturated rings. The third-order valence-corrected chi connectivity index (χ3v) is 4.44. The van der Waals surface area contributed by atoms with Crippen LogP contribution in [0.25, 0.3) is 0 Å². The highest BCUT2D eigenvalue weighted by Gasteiger charge is 2.32. The van der Waals surface area contributed by atoms with Crippen molar-refractivity contribution in [2.24, 2.45) is 0 Å². The summed E-state index contributed by atoms with van der Waals surface area (Å²) in [6, 6.07) is 14.7. The van der Waals surface area contributed by atoms with Crippen molar-refractivity contribution in [1.82, 2.24) is 15.2 Å². The number of pyridine rings is 1. The van der Waals surface area contributed by atoms with Gasteiger partial charge in [-0.2, -0.15) is 0 Å². The summed E-state index contributed by atoms with van der Waals surface area (Å²) in [6.45, 7) is 1.13. The van der Waals surface area contributed by atoms with Crippen LogP contribution in [0.5, 0.6) is 0 Å². The molecule has 2 heterocycles. The van der Waals surface area contributed by atoms with Crippen molar-refractivity contribution in [3.05, 3.63) is 66.0 Å². The Balaban J connectivity index is 1.70. The van der Waals surface area contributed by atoms with Crippen molar-refractivity contribution in [3.8, 4) is 0 Å². The lowest BCUT2D eigenvalue weighted by Gasteiger charge is -2.34. The van der Waals surface area contributed by atoms with Gasteiger partial charge in [-0.05, 0) is 30.5 Å². The first-order chi connectivity index (χ1) is 12.3. The molecule has 1 unspecified atom stereocenters. The molecular formula is C20H23N3O2. The molecular weight excluding hydrogens is 314 g/mol. The molecule has 25 heavy (non-hydrogen) atoms. The average molecular weight is 337 g/mol. The van der Waals surface area contributed by atoms with Crippen LogP contribution in [0, 0.1) is 0 Å². The van der Waals surface area contributed by atoms with Crippen LogP contribution in [0.4, 0.5) is 0 Å². The van der Waals surface area contributed by atoms with E-state index in [0.29, 0.717) is 25.9 Å². The summed E-state index contributed by atoms with van der Waals surface area (Å²) in [6.07, 6.45) is 4.78. The molecule has 0 radical (unpaired) electrons. The Morgan fingerprint density at radius 2 is 1.92 bits per heavy atom. The molecule has 1 aliphatic heterocycles. The smallest absolute Gasteiger partial charge is 0.247 e. The number of likely N-dealkylation sites (tertiary alicyclic amines) is 1. The number of carbonyl (C=O) groups is 2. The maximum absolute atomic E-state index is 12.9. The van der Waals surface area contributed by atoms with Crippen LogP contribution in [-0.2, 0) is 16.0 Å². The highest BCUT2D eigenvalue weighted by Crippen LogP contribution is 2.25. The van der Waals surface area contributed by atoms with Crippen LogP contribution >= 0.6 is 0 Å². The number of hydrogen-bond acceptors (Lipinski definition) is 3. The second kappa shape index (κ2) is 8.42. The standard InChI is InChI=1S/C20H23N3O2/c24-18-11-5-7-15-23(18)19(16-8-2-1-3-9-16)20(25)22-14-12-17-10-4-6-13-21-17/h1-4,6,8-10,13,19H,5,7,11-12,14-15H2,(H,22,25). The number of nitrogens with one attached hydrogen (secondary N) is 1. The number of hydrogen-bond donors (Lipinski definition) is 1.